The van der Waals surface area contributed by atoms with E-state index in [2.05, 4.69) is 4.98 Å². The molecule has 3 rings (SSSR count). The lowest BCUT2D eigenvalue weighted by molar-refractivity contribution is 0.109. The van der Waals surface area contributed by atoms with E-state index in [4.69, 9.17) is 16.3 Å². The Balaban J connectivity index is 2.40. The molecule has 0 aliphatic carbocycles. The maximum Gasteiger partial charge on any atom is 0.195 e. The van der Waals surface area contributed by atoms with E-state index in [1.54, 1.807) is 12.1 Å². The molecule has 1 aromatic carbocycles. The van der Waals surface area contributed by atoms with E-state index < -0.39 is 0 Å². The molecule has 0 amide bonds. The van der Waals surface area contributed by atoms with E-state index in [-0.39, 0.29) is 5.43 Å². The fraction of sp³-hybridized carbons (Fsp3) is 0.250. The molecule has 0 atom stereocenters. The predicted molar refractivity (Wildman–Crippen MR) is 62.9 cm³/mol. The Morgan fingerprint density at radius 1 is 1.38 bits per heavy atom. The van der Waals surface area contributed by atoms with Crippen LogP contribution in [0.25, 0.3) is 10.9 Å². The molecule has 0 radical (unpaired) electrons. The lowest BCUT2D eigenvalue weighted by Gasteiger charge is -2.16. The molecular weight excluding hydrogens is 226 g/mol. The van der Waals surface area contributed by atoms with Crippen molar-refractivity contribution < 1.29 is 4.74 Å². The predicted octanol–water partition coefficient (Wildman–Crippen LogP) is 2.25. The highest BCUT2D eigenvalue weighted by atomic mass is 35.5. The molecule has 0 bridgehead atoms. The molecule has 16 heavy (non-hydrogen) atoms. The van der Waals surface area contributed by atoms with E-state index in [0.29, 0.717) is 23.6 Å². The zero-order chi connectivity index (χ0) is 11.1. The normalized spacial score (nSPS) is 15.1. The first kappa shape index (κ1) is 9.87. The van der Waals surface area contributed by atoms with Gasteiger partial charge in [0.15, 0.2) is 5.43 Å². The van der Waals surface area contributed by atoms with Crippen molar-refractivity contribution in [2.24, 2.45) is 0 Å². The first-order valence-electron chi connectivity index (χ1n) is 5.17. The molecule has 82 valence electrons. The third-order valence-electron chi connectivity index (χ3n) is 2.89. The minimum absolute atomic E-state index is 0.0333. The standard InChI is InChI=1S/C12H10ClNO2/c13-7-1-2-10-8(5-7)12(15)9-6-16-4-3-11(9)14-10/h1-2,5H,3-4,6H2,(H,14,15). The second kappa shape index (κ2) is 3.61. The van der Waals surface area contributed by atoms with Crippen molar-refractivity contribution in [1.82, 2.24) is 4.98 Å². The van der Waals surface area contributed by atoms with E-state index in [1.807, 2.05) is 6.07 Å². The number of aromatic nitrogens is 1. The maximum absolute atomic E-state index is 12.2. The molecule has 1 aliphatic rings. The van der Waals surface area contributed by atoms with Gasteiger partial charge < -0.3 is 9.72 Å². The van der Waals surface area contributed by atoms with Gasteiger partial charge in [-0.05, 0) is 18.2 Å². The van der Waals surface area contributed by atoms with Crippen LogP contribution in [-0.4, -0.2) is 11.6 Å². The Labute approximate surface area is 97.0 Å². The molecule has 1 aromatic heterocycles. The van der Waals surface area contributed by atoms with Gasteiger partial charge in [0.25, 0.3) is 0 Å². The average Bonchev–Trinajstić information content (AvgIpc) is 2.31. The molecule has 0 saturated heterocycles. The first-order valence-corrected chi connectivity index (χ1v) is 5.54. The zero-order valence-corrected chi connectivity index (χ0v) is 9.30. The Hall–Kier alpha value is -1.32. The van der Waals surface area contributed by atoms with Crippen LogP contribution in [0.4, 0.5) is 0 Å². The van der Waals surface area contributed by atoms with Crippen molar-refractivity contribution in [2.45, 2.75) is 13.0 Å². The van der Waals surface area contributed by atoms with Crippen molar-refractivity contribution in [3.05, 3.63) is 44.7 Å². The number of halogens is 1. The molecule has 3 nitrogen and oxygen atoms in total. The Morgan fingerprint density at radius 3 is 3.12 bits per heavy atom. The minimum Gasteiger partial charge on any atom is -0.376 e. The smallest absolute Gasteiger partial charge is 0.195 e. The molecular formula is C12H10ClNO2. The summed E-state index contributed by atoms with van der Waals surface area (Å²) in [7, 11) is 0. The summed E-state index contributed by atoms with van der Waals surface area (Å²) in [6.07, 6.45) is 0.767. The summed E-state index contributed by atoms with van der Waals surface area (Å²) < 4.78 is 5.30. The second-order valence-corrected chi connectivity index (χ2v) is 4.34. The van der Waals surface area contributed by atoms with Gasteiger partial charge in [-0.3, -0.25) is 4.79 Å². The lowest BCUT2D eigenvalue weighted by Crippen LogP contribution is -2.21. The van der Waals surface area contributed by atoms with Gasteiger partial charge in [-0.2, -0.15) is 0 Å². The molecule has 0 spiro atoms. The third-order valence-corrected chi connectivity index (χ3v) is 3.13. The summed E-state index contributed by atoms with van der Waals surface area (Å²) in [6.45, 7) is 1.06. The van der Waals surface area contributed by atoms with Crippen LogP contribution in [0, 0.1) is 0 Å². The second-order valence-electron chi connectivity index (χ2n) is 3.90. The van der Waals surface area contributed by atoms with Gasteiger partial charge in [0.1, 0.15) is 0 Å². The molecule has 2 aromatic rings. The summed E-state index contributed by atoms with van der Waals surface area (Å²) in [5, 5.41) is 1.21. The molecule has 0 unspecified atom stereocenters. The molecule has 1 N–H and O–H groups in total. The van der Waals surface area contributed by atoms with Crippen LogP contribution in [0.1, 0.15) is 11.3 Å². The van der Waals surface area contributed by atoms with Gasteiger partial charge in [-0.15, -0.1) is 0 Å². The largest absolute Gasteiger partial charge is 0.376 e. The average molecular weight is 236 g/mol. The molecule has 4 heteroatoms. The summed E-state index contributed by atoms with van der Waals surface area (Å²) >= 11 is 5.89. The summed E-state index contributed by atoms with van der Waals surface area (Å²) in [6, 6.07) is 5.32. The lowest BCUT2D eigenvalue weighted by atomic mass is 10.1. The fourth-order valence-corrected chi connectivity index (χ4v) is 2.24. The highest BCUT2D eigenvalue weighted by Crippen LogP contribution is 2.19. The summed E-state index contributed by atoms with van der Waals surface area (Å²) in [5.74, 6) is 0. The van der Waals surface area contributed by atoms with Crippen LogP contribution in [-0.2, 0) is 17.8 Å². The van der Waals surface area contributed by atoms with Crippen molar-refractivity contribution >= 4 is 22.5 Å². The number of hydrogen-bond acceptors (Lipinski definition) is 2. The molecule has 0 fully saturated rings. The number of aromatic amines is 1. The van der Waals surface area contributed by atoms with Crippen LogP contribution < -0.4 is 5.43 Å². The van der Waals surface area contributed by atoms with Crippen LogP contribution in [0.15, 0.2) is 23.0 Å². The quantitative estimate of drug-likeness (QED) is 0.761. The highest BCUT2D eigenvalue weighted by Gasteiger charge is 2.15. The molecule has 0 saturated carbocycles. The number of nitrogens with one attached hydrogen (secondary N) is 1. The topological polar surface area (TPSA) is 42.1 Å². The van der Waals surface area contributed by atoms with Crippen LogP contribution in [0.3, 0.4) is 0 Å². The van der Waals surface area contributed by atoms with Gasteiger partial charge in [0, 0.05) is 33.6 Å². The van der Waals surface area contributed by atoms with Gasteiger partial charge in [-0.25, -0.2) is 0 Å². The maximum atomic E-state index is 12.2. The number of H-pyrrole nitrogens is 1. The van der Waals surface area contributed by atoms with Gasteiger partial charge in [-0.1, -0.05) is 11.6 Å². The number of ether oxygens (including phenoxy) is 1. The van der Waals surface area contributed by atoms with Crippen LogP contribution in [0.5, 0.6) is 0 Å². The number of hydrogen-bond donors (Lipinski definition) is 1. The third kappa shape index (κ3) is 1.44. The Bertz CT molecular complexity index is 618. The highest BCUT2D eigenvalue weighted by molar-refractivity contribution is 6.31. The number of fused-ring (bicyclic) bond motifs is 2. The van der Waals surface area contributed by atoms with Gasteiger partial charge in [0.2, 0.25) is 0 Å². The Morgan fingerprint density at radius 2 is 2.25 bits per heavy atom. The zero-order valence-electron chi connectivity index (χ0n) is 8.55. The van der Waals surface area contributed by atoms with Gasteiger partial charge >= 0.3 is 0 Å². The molecule has 1 aliphatic heterocycles. The number of pyridine rings is 1. The van der Waals surface area contributed by atoms with Crippen molar-refractivity contribution in [1.29, 1.82) is 0 Å². The first-order chi connectivity index (χ1) is 7.75. The van der Waals surface area contributed by atoms with Crippen molar-refractivity contribution in [3.8, 4) is 0 Å². The van der Waals surface area contributed by atoms with Crippen molar-refractivity contribution in [2.75, 3.05) is 6.61 Å². The van der Waals surface area contributed by atoms with E-state index in [0.717, 1.165) is 23.2 Å². The van der Waals surface area contributed by atoms with E-state index in [9.17, 15) is 4.79 Å². The fourth-order valence-electron chi connectivity index (χ4n) is 2.07. The van der Waals surface area contributed by atoms with Crippen LogP contribution in [0.2, 0.25) is 5.02 Å². The van der Waals surface area contributed by atoms with Crippen LogP contribution >= 0.6 is 11.6 Å². The number of rotatable bonds is 0. The summed E-state index contributed by atoms with van der Waals surface area (Å²) in [5.41, 5.74) is 2.60. The van der Waals surface area contributed by atoms with E-state index >= 15 is 0 Å². The SMILES string of the molecule is O=c1c2c([nH]c3ccc(Cl)cc13)CCOC2. The molecule has 2 heterocycles. The van der Waals surface area contributed by atoms with Gasteiger partial charge in [0.05, 0.1) is 13.2 Å². The minimum atomic E-state index is 0.0333. The van der Waals surface area contributed by atoms with Crippen molar-refractivity contribution in [3.63, 3.8) is 0 Å². The van der Waals surface area contributed by atoms with E-state index in [1.165, 1.54) is 0 Å². The summed E-state index contributed by atoms with van der Waals surface area (Å²) in [4.78, 5) is 15.4. The monoisotopic (exact) mass is 235 g/mol. The Kier molecular flexibility index (Phi) is 2.23. The number of benzene rings is 1.